The number of amides is 2. The van der Waals surface area contributed by atoms with Crippen molar-refractivity contribution in [1.82, 2.24) is 19.8 Å². The predicted molar refractivity (Wildman–Crippen MR) is 250 cm³/mol. The molecule has 2 unspecified atom stereocenters. The van der Waals surface area contributed by atoms with Crippen molar-refractivity contribution >= 4 is 66.9 Å². The Balaban J connectivity index is 0.000000472. The topological polar surface area (TPSA) is 144 Å². The van der Waals surface area contributed by atoms with Crippen LogP contribution in [0.15, 0.2) is 23.0 Å². The summed E-state index contributed by atoms with van der Waals surface area (Å²) in [6, 6.07) is 5.94. The first kappa shape index (κ1) is 50.4. The molecule has 1 spiro atoms. The van der Waals surface area contributed by atoms with E-state index >= 15 is 8.78 Å². The standard InChI is InChI=1S/C35H37ClF2N6O5S.C8H14FN.2C2H6/c1-33(2,3)48-31(46)42-29-20(15-39)23-18(8-9-22(37)27(23)50-29)24-21(36)14-19-26(25(24)38)40-30(45)41-28(19)43-13-11-35(16-43)10-7-12-44(17-35)32(47)49-34(4,5)6;1-8-3-2-4-10(8)6-7(9)5-8;2*1-2/h8-9,14H,7,10-13,16-17H2,1-6H3,(H,42,46)(H,40,41,45);7H,2-6H2,1H3;2*1-2H3/t;7?,8-;;/m.0../s1. The number of H-pyrrole nitrogens is 1. The van der Waals surface area contributed by atoms with Gasteiger partial charge in [0.2, 0.25) is 0 Å². The molecule has 4 fully saturated rings. The normalized spacial score (nSPS) is 21.9. The number of nitrogens with one attached hydrogen (secondary N) is 2. The van der Waals surface area contributed by atoms with Gasteiger partial charge in [-0.2, -0.15) is 10.2 Å². The molecule has 2 amide bonds. The first-order chi connectivity index (χ1) is 30.1. The van der Waals surface area contributed by atoms with Crippen molar-refractivity contribution in [1.29, 1.82) is 5.26 Å². The fraction of sp³-hybridized carbons (Fsp3) is 0.596. The van der Waals surface area contributed by atoms with Gasteiger partial charge in [0, 0.05) is 60.0 Å². The monoisotopic (exact) mass is 929 g/mol. The molecule has 2 aromatic heterocycles. The number of ether oxygens (including phenoxy) is 2. The number of aromatic amines is 1. The van der Waals surface area contributed by atoms with E-state index in [1.54, 1.807) is 25.7 Å². The third kappa shape index (κ3) is 10.9. The number of anilines is 2. The van der Waals surface area contributed by atoms with Gasteiger partial charge in [0.1, 0.15) is 40.1 Å². The summed E-state index contributed by atoms with van der Waals surface area (Å²) in [5.74, 6) is -1.32. The molecule has 12 nitrogen and oxygen atoms in total. The highest BCUT2D eigenvalue weighted by Crippen LogP contribution is 2.47. The number of nitrogens with zero attached hydrogens (tertiary/aromatic N) is 5. The average Bonchev–Trinajstić information content (AvgIpc) is 3.96. The molecule has 2 N–H and O–H groups in total. The molecule has 4 saturated heterocycles. The number of nitriles is 1. The van der Waals surface area contributed by atoms with E-state index < -0.39 is 40.8 Å². The van der Waals surface area contributed by atoms with Crippen molar-refractivity contribution in [3.8, 4) is 17.2 Å². The van der Waals surface area contributed by atoms with Gasteiger partial charge in [0.25, 0.3) is 0 Å². The van der Waals surface area contributed by atoms with E-state index in [9.17, 15) is 24.0 Å². The molecule has 64 heavy (non-hydrogen) atoms. The van der Waals surface area contributed by atoms with E-state index in [4.69, 9.17) is 21.1 Å². The molecule has 8 rings (SSSR count). The zero-order valence-electron chi connectivity index (χ0n) is 39.0. The van der Waals surface area contributed by atoms with Gasteiger partial charge >= 0.3 is 17.9 Å². The lowest BCUT2D eigenvalue weighted by Crippen LogP contribution is -2.48. The zero-order valence-corrected chi connectivity index (χ0v) is 40.6. The maximum Gasteiger partial charge on any atom is 0.412 e. The average molecular weight is 931 g/mol. The predicted octanol–water partition coefficient (Wildman–Crippen LogP) is 11.8. The second kappa shape index (κ2) is 19.9. The van der Waals surface area contributed by atoms with Gasteiger partial charge in [-0.05, 0) is 111 Å². The van der Waals surface area contributed by atoms with E-state index in [-0.39, 0.29) is 70.6 Å². The molecule has 4 aliphatic heterocycles. The van der Waals surface area contributed by atoms with Crippen LogP contribution >= 0.6 is 22.9 Å². The first-order valence-corrected chi connectivity index (χ1v) is 23.5. The third-order valence-corrected chi connectivity index (χ3v) is 13.1. The van der Waals surface area contributed by atoms with Gasteiger partial charge in [0.15, 0.2) is 5.82 Å². The maximum absolute atomic E-state index is 16.7. The Morgan fingerprint density at radius 1 is 1.00 bits per heavy atom. The van der Waals surface area contributed by atoms with Gasteiger partial charge in [-0.25, -0.2) is 27.6 Å². The fourth-order valence-electron chi connectivity index (χ4n) is 9.21. The molecule has 6 heterocycles. The van der Waals surface area contributed by atoms with Crippen LogP contribution in [0.4, 0.5) is 33.6 Å². The Labute approximate surface area is 383 Å². The highest BCUT2D eigenvalue weighted by molar-refractivity contribution is 7.23. The Bertz CT molecular complexity index is 2460. The summed E-state index contributed by atoms with van der Waals surface area (Å²) < 4.78 is 55.7. The number of hydrogen-bond donors (Lipinski definition) is 2. The van der Waals surface area contributed by atoms with Crippen molar-refractivity contribution in [2.75, 3.05) is 49.5 Å². The van der Waals surface area contributed by atoms with Crippen LogP contribution in [0.2, 0.25) is 5.02 Å². The number of alkyl halides is 1. The second-order valence-electron chi connectivity index (χ2n) is 18.7. The van der Waals surface area contributed by atoms with Gasteiger partial charge in [-0.3, -0.25) is 10.2 Å². The lowest BCUT2D eigenvalue weighted by atomic mass is 9.79. The van der Waals surface area contributed by atoms with E-state index in [2.05, 4.69) is 27.1 Å². The van der Waals surface area contributed by atoms with Gasteiger partial charge in [-0.15, -0.1) is 11.3 Å². The number of carbonyl (C=O) groups is 2. The summed E-state index contributed by atoms with van der Waals surface area (Å²) in [5, 5.41) is 12.9. The zero-order chi connectivity index (χ0) is 47.5. The van der Waals surface area contributed by atoms with Crippen LogP contribution in [0.25, 0.3) is 32.1 Å². The molecule has 2 aromatic carbocycles. The van der Waals surface area contributed by atoms with Crippen molar-refractivity contribution in [2.24, 2.45) is 5.41 Å². The van der Waals surface area contributed by atoms with Crippen LogP contribution in [0.1, 0.15) is 120 Å². The van der Waals surface area contributed by atoms with Crippen LogP contribution in [0, 0.1) is 28.4 Å². The molecular formula is C47H63ClF3N7O5S. The summed E-state index contributed by atoms with van der Waals surface area (Å²) in [7, 11) is 0. The van der Waals surface area contributed by atoms with Crippen molar-refractivity contribution in [3.05, 3.63) is 50.9 Å². The van der Waals surface area contributed by atoms with Crippen molar-refractivity contribution < 1.29 is 32.2 Å². The molecule has 350 valence electrons. The second-order valence-corrected chi connectivity index (χ2v) is 20.1. The van der Waals surface area contributed by atoms with Gasteiger partial charge < -0.3 is 24.3 Å². The van der Waals surface area contributed by atoms with E-state index in [0.29, 0.717) is 32.7 Å². The minimum absolute atomic E-state index is 0.000134. The van der Waals surface area contributed by atoms with Crippen molar-refractivity contribution in [3.63, 3.8) is 0 Å². The Hall–Kier alpha value is -4.59. The third-order valence-electron chi connectivity index (χ3n) is 11.7. The Morgan fingerprint density at radius 2 is 1.67 bits per heavy atom. The fourth-order valence-corrected chi connectivity index (χ4v) is 10.6. The largest absolute Gasteiger partial charge is 0.444 e. The minimum Gasteiger partial charge on any atom is -0.444 e. The molecule has 0 aliphatic carbocycles. The number of rotatable bonds is 3. The lowest BCUT2D eigenvalue weighted by molar-refractivity contribution is 0.00711. The summed E-state index contributed by atoms with van der Waals surface area (Å²) in [6.07, 6.45) is 3.84. The van der Waals surface area contributed by atoms with E-state index in [0.717, 1.165) is 49.6 Å². The summed E-state index contributed by atoms with van der Waals surface area (Å²) in [6.45, 7) is 24.6. The molecule has 0 radical (unpaired) electrons. The maximum atomic E-state index is 16.7. The van der Waals surface area contributed by atoms with Crippen molar-refractivity contribution in [2.45, 2.75) is 138 Å². The lowest BCUT2D eigenvalue weighted by Gasteiger charge is -2.40. The SMILES string of the molecule is CC.CC.CC(C)(C)OC(=O)Nc1sc2c(F)ccc(-c3c(Cl)cc4c(N5CCC6(CCCN(C(=O)OC(C)(C)C)C6)C5)nc(=O)[nH]c4c3F)c2c1C#N.C[C@@]12CCCN1CC(F)C2. The summed E-state index contributed by atoms with van der Waals surface area (Å²) in [4.78, 5) is 51.1. The molecule has 4 aliphatic rings. The van der Waals surface area contributed by atoms with Crippen LogP contribution in [0.3, 0.4) is 0 Å². The Morgan fingerprint density at radius 3 is 2.31 bits per heavy atom. The molecule has 0 saturated carbocycles. The molecular weight excluding hydrogens is 867 g/mol. The minimum atomic E-state index is -0.888. The number of carbonyl (C=O) groups excluding carboxylic acids is 2. The number of hydrogen-bond acceptors (Lipinski definition) is 10. The molecule has 17 heteroatoms. The molecule has 4 aromatic rings. The van der Waals surface area contributed by atoms with E-state index in [1.807, 2.05) is 59.4 Å². The van der Waals surface area contributed by atoms with Crippen LogP contribution in [0.5, 0.6) is 0 Å². The number of piperidine rings is 1. The highest BCUT2D eigenvalue weighted by atomic mass is 35.5. The number of thiophene rings is 1. The van der Waals surface area contributed by atoms with Gasteiger partial charge in [-0.1, -0.05) is 45.4 Å². The Kier molecular flexibility index (Phi) is 15.7. The summed E-state index contributed by atoms with van der Waals surface area (Å²) >= 11 is 7.62. The smallest absolute Gasteiger partial charge is 0.412 e. The molecule has 3 atom stereocenters. The number of aromatic nitrogens is 2. The van der Waals surface area contributed by atoms with Crippen LogP contribution in [-0.4, -0.2) is 94.1 Å². The van der Waals surface area contributed by atoms with Crippen LogP contribution < -0.4 is 15.9 Å². The number of benzene rings is 2. The highest BCUT2D eigenvalue weighted by Gasteiger charge is 2.46. The van der Waals surface area contributed by atoms with E-state index in [1.165, 1.54) is 25.0 Å². The number of fused-ring (bicyclic) bond motifs is 3. The summed E-state index contributed by atoms with van der Waals surface area (Å²) in [5.41, 5.74) is -2.59. The first-order valence-electron chi connectivity index (χ1n) is 22.3. The van der Waals surface area contributed by atoms with Gasteiger partial charge in [0.05, 0.1) is 20.8 Å². The van der Waals surface area contributed by atoms with Crippen LogP contribution in [-0.2, 0) is 9.47 Å². The molecule has 0 bridgehead atoms. The number of halogens is 4. The quantitative estimate of drug-likeness (QED) is 0.205. The number of likely N-dealkylation sites (tertiary alicyclic amines) is 1.